The molecule has 0 unspecified atom stereocenters. The number of thiol groups is 1. The Kier molecular flexibility index (Phi) is 7.04. The van der Waals surface area contributed by atoms with Crippen molar-refractivity contribution < 1.29 is 14.6 Å². The number of pyridine rings is 1. The van der Waals surface area contributed by atoms with Gasteiger partial charge < -0.3 is 19.9 Å². The third-order valence-corrected chi connectivity index (χ3v) is 5.33. The van der Waals surface area contributed by atoms with Crippen LogP contribution in [0.1, 0.15) is 5.56 Å². The van der Waals surface area contributed by atoms with E-state index in [1.807, 2.05) is 48.7 Å². The van der Waals surface area contributed by atoms with E-state index in [1.54, 1.807) is 6.20 Å². The van der Waals surface area contributed by atoms with E-state index in [0.717, 1.165) is 44.8 Å². The molecule has 0 fully saturated rings. The molecule has 2 N–H and O–H groups in total. The van der Waals surface area contributed by atoms with Crippen LogP contribution in [0.15, 0.2) is 84.0 Å². The van der Waals surface area contributed by atoms with Gasteiger partial charge in [0.15, 0.2) is 11.5 Å². The summed E-state index contributed by atoms with van der Waals surface area (Å²) in [6.07, 6.45) is 3.62. The summed E-state index contributed by atoms with van der Waals surface area (Å²) in [5.41, 5.74) is 3.46. The number of ether oxygens (including phenoxy) is 2. The summed E-state index contributed by atoms with van der Waals surface area (Å²) < 4.78 is 10.7. The second-order valence-electron chi connectivity index (χ2n) is 7.04. The van der Waals surface area contributed by atoms with Crippen molar-refractivity contribution >= 4 is 23.4 Å². The van der Waals surface area contributed by atoms with Crippen LogP contribution in [0.5, 0.6) is 11.5 Å². The van der Waals surface area contributed by atoms with Gasteiger partial charge in [0.1, 0.15) is 0 Å². The van der Waals surface area contributed by atoms with Gasteiger partial charge in [-0.05, 0) is 46.3 Å². The number of benzene rings is 3. The second kappa shape index (κ2) is 10.3. The molecule has 5 rings (SSSR count). The van der Waals surface area contributed by atoms with Crippen molar-refractivity contribution in [3.63, 3.8) is 0 Å². The molecule has 158 valence electrons. The summed E-state index contributed by atoms with van der Waals surface area (Å²) in [5, 5.41) is 14.2. The van der Waals surface area contributed by atoms with E-state index in [4.69, 9.17) is 14.6 Å². The van der Waals surface area contributed by atoms with Crippen molar-refractivity contribution in [3.05, 3.63) is 84.7 Å². The lowest BCUT2D eigenvalue weighted by molar-refractivity contribution is 0.174. The van der Waals surface area contributed by atoms with Crippen LogP contribution in [0.4, 0.5) is 0 Å². The normalized spacial score (nSPS) is 11.8. The molecule has 6 heteroatoms. The first-order chi connectivity index (χ1) is 15.2. The number of aliphatic hydroxyl groups is 1. The lowest BCUT2D eigenvalue weighted by atomic mass is 10.0. The van der Waals surface area contributed by atoms with Crippen LogP contribution >= 0.6 is 12.6 Å². The Morgan fingerprint density at radius 3 is 2.55 bits per heavy atom. The molecule has 5 nitrogen and oxygen atoms in total. The van der Waals surface area contributed by atoms with Gasteiger partial charge in [-0.2, -0.15) is 0 Å². The molecule has 2 heterocycles. The predicted octanol–water partition coefficient (Wildman–Crippen LogP) is 4.69. The standard InChI is InChI=1S/C16H17NO3.C9H7NS/c18-8-7-17-10-12-1-3-13(4-2-12)14-5-6-15-16(9-14)20-11-19-15;11-9-3-1-2-7-6-10-5-4-8(7)9/h1-6,9,17-18H,7-8,10-11H2;1-6,11H. The summed E-state index contributed by atoms with van der Waals surface area (Å²) in [5.74, 6) is 1.61. The highest BCUT2D eigenvalue weighted by Gasteiger charge is 2.13. The van der Waals surface area contributed by atoms with Crippen molar-refractivity contribution in [2.75, 3.05) is 19.9 Å². The topological polar surface area (TPSA) is 63.6 Å². The SMILES string of the molecule is OCCNCc1ccc(-c2ccc3c(c2)OCO3)cc1.Sc1cccc2cnccc12. The van der Waals surface area contributed by atoms with E-state index in [-0.39, 0.29) is 6.61 Å². The number of rotatable bonds is 5. The molecule has 0 bridgehead atoms. The molecule has 0 saturated carbocycles. The number of nitrogens with one attached hydrogen (secondary N) is 1. The van der Waals surface area contributed by atoms with E-state index < -0.39 is 0 Å². The van der Waals surface area contributed by atoms with E-state index in [1.165, 1.54) is 5.56 Å². The molecule has 0 amide bonds. The number of aromatic nitrogens is 1. The van der Waals surface area contributed by atoms with E-state index in [2.05, 4.69) is 47.2 Å². The van der Waals surface area contributed by atoms with E-state index in [9.17, 15) is 0 Å². The number of hydrogen-bond acceptors (Lipinski definition) is 6. The average molecular weight is 433 g/mol. The van der Waals surface area contributed by atoms with Crippen LogP contribution in [0, 0.1) is 0 Å². The summed E-state index contributed by atoms with van der Waals surface area (Å²) in [6.45, 7) is 1.84. The Morgan fingerprint density at radius 2 is 1.74 bits per heavy atom. The Morgan fingerprint density at radius 1 is 0.935 bits per heavy atom. The van der Waals surface area contributed by atoms with Crippen LogP contribution in [0.2, 0.25) is 0 Å². The van der Waals surface area contributed by atoms with Crippen molar-refractivity contribution in [3.8, 4) is 22.6 Å². The monoisotopic (exact) mass is 432 g/mol. The maximum atomic E-state index is 8.73. The van der Waals surface area contributed by atoms with Gasteiger partial charge in [0.05, 0.1) is 6.61 Å². The molecular formula is C25H24N2O3S. The third kappa shape index (κ3) is 5.35. The molecule has 1 aromatic heterocycles. The van der Waals surface area contributed by atoms with Crippen LogP contribution in [0.3, 0.4) is 0 Å². The number of fused-ring (bicyclic) bond motifs is 2. The van der Waals surface area contributed by atoms with Gasteiger partial charge in [-0.25, -0.2) is 0 Å². The molecule has 0 aliphatic carbocycles. The molecule has 4 aromatic rings. The minimum absolute atomic E-state index is 0.162. The van der Waals surface area contributed by atoms with Gasteiger partial charge in [-0.3, -0.25) is 4.98 Å². The summed E-state index contributed by atoms with van der Waals surface area (Å²) in [6, 6.07) is 22.3. The molecule has 0 atom stereocenters. The zero-order valence-electron chi connectivity index (χ0n) is 17.0. The van der Waals surface area contributed by atoms with Crippen LogP contribution in [-0.4, -0.2) is 30.0 Å². The zero-order valence-corrected chi connectivity index (χ0v) is 17.9. The fourth-order valence-corrected chi connectivity index (χ4v) is 3.60. The molecule has 1 aliphatic rings. The van der Waals surface area contributed by atoms with Crippen molar-refractivity contribution in [1.29, 1.82) is 0 Å². The van der Waals surface area contributed by atoms with Gasteiger partial charge >= 0.3 is 0 Å². The Labute approximate surface area is 187 Å². The van der Waals surface area contributed by atoms with Crippen LogP contribution < -0.4 is 14.8 Å². The number of hydrogen-bond donors (Lipinski definition) is 3. The first kappa shape index (κ1) is 21.2. The largest absolute Gasteiger partial charge is 0.454 e. The van der Waals surface area contributed by atoms with Gasteiger partial charge in [-0.1, -0.05) is 42.5 Å². The molecule has 0 radical (unpaired) electrons. The predicted molar refractivity (Wildman–Crippen MR) is 126 cm³/mol. The second-order valence-corrected chi connectivity index (χ2v) is 7.52. The smallest absolute Gasteiger partial charge is 0.231 e. The Hall–Kier alpha value is -3.06. The average Bonchev–Trinajstić information content (AvgIpc) is 3.29. The van der Waals surface area contributed by atoms with E-state index >= 15 is 0 Å². The summed E-state index contributed by atoms with van der Waals surface area (Å²) in [4.78, 5) is 5.02. The minimum atomic E-state index is 0.162. The van der Waals surface area contributed by atoms with Gasteiger partial charge in [-0.15, -0.1) is 12.6 Å². The number of nitrogens with zero attached hydrogens (tertiary/aromatic N) is 1. The first-order valence-corrected chi connectivity index (χ1v) is 10.5. The lowest BCUT2D eigenvalue weighted by Gasteiger charge is -2.06. The van der Waals surface area contributed by atoms with Crippen molar-refractivity contribution in [1.82, 2.24) is 10.3 Å². The Bertz CT molecular complexity index is 1140. The maximum absolute atomic E-state index is 8.73. The quantitative estimate of drug-likeness (QED) is 0.316. The molecule has 0 spiro atoms. The van der Waals surface area contributed by atoms with Gasteiger partial charge in [0.2, 0.25) is 6.79 Å². The zero-order chi connectivity index (χ0) is 21.5. The molecule has 31 heavy (non-hydrogen) atoms. The van der Waals surface area contributed by atoms with Crippen molar-refractivity contribution in [2.45, 2.75) is 11.4 Å². The first-order valence-electron chi connectivity index (χ1n) is 10.1. The third-order valence-electron chi connectivity index (χ3n) is 4.94. The highest BCUT2D eigenvalue weighted by atomic mass is 32.1. The molecule has 0 saturated heterocycles. The highest BCUT2D eigenvalue weighted by Crippen LogP contribution is 2.35. The lowest BCUT2D eigenvalue weighted by Crippen LogP contribution is -2.17. The fourth-order valence-electron chi connectivity index (χ4n) is 3.31. The molecular weight excluding hydrogens is 408 g/mol. The van der Waals surface area contributed by atoms with Gasteiger partial charge in [0.25, 0.3) is 0 Å². The molecule has 1 aliphatic heterocycles. The van der Waals surface area contributed by atoms with Crippen molar-refractivity contribution in [2.24, 2.45) is 0 Å². The summed E-state index contributed by atoms with van der Waals surface area (Å²) in [7, 11) is 0. The summed E-state index contributed by atoms with van der Waals surface area (Å²) >= 11 is 4.32. The minimum Gasteiger partial charge on any atom is -0.454 e. The fraction of sp³-hybridized carbons (Fsp3) is 0.160. The number of aliphatic hydroxyl groups excluding tert-OH is 1. The van der Waals surface area contributed by atoms with E-state index in [0.29, 0.717) is 13.3 Å². The van der Waals surface area contributed by atoms with Crippen LogP contribution in [-0.2, 0) is 6.54 Å². The highest BCUT2D eigenvalue weighted by molar-refractivity contribution is 7.80. The Balaban J connectivity index is 0.000000177. The van der Waals surface area contributed by atoms with Gasteiger partial charge in [0, 0.05) is 35.8 Å². The maximum Gasteiger partial charge on any atom is 0.231 e. The molecule has 3 aromatic carbocycles. The van der Waals surface area contributed by atoms with Crippen LogP contribution in [0.25, 0.3) is 21.9 Å².